The molecular weight excluding hydrogens is 581 g/mol. The number of carbonyl (C=O) groups is 1. The number of fused-ring (bicyclic) bond motifs is 1. The Balaban J connectivity index is 1.69. The maximum absolute atomic E-state index is 14.5. The molecule has 2 atom stereocenters. The molecule has 4 heterocycles. The van der Waals surface area contributed by atoms with Crippen molar-refractivity contribution in [3.05, 3.63) is 59.8 Å². The van der Waals surface area contributed by atoms with E-state index in [-0.39, 0.29) is 18.6 Å². The van der Waals surface area contributed by atoms with Gasteiger partial charge in [-0.25, -0.2) is 13.8 Å². The quantitative estimate of drug-likeness (QED) is 0.437. The van der Waals surface area contributed by atoms with Crippen LogP contribution in [0.2, 0.25) is 0 Å². The normalized spacial score (nSPS) is 19.5. The number of rotatable bonds is 7. The van der Waals surface area contributed by atoms with Crippen LogP contribution in [-0.4, -0.2) is 48.0 Å². The lowest BCUT2D eigenvalue weighted by Crippen LogP contribution is -2.49. The molecule has 2 aliphatic heterocycles. The number of carbonyl (C=O) groups excluding carboxylic acids is 1. The second kappa shape index (κ2) is 11.3. The summed E-state index contributed by atoms with van der Waals surface area (Å²) in [6.45, 7) is 3.38. The lowest BCUT2D eigenvalue weighted by Gasteiger charge is -2.30. The first-order chi connectivity index (χ1) is 18.3. The van der Waals surface area contributed by atoms with Gasteiger partial charge in [0, 0.05) is 25.3 Å². The van der Waals surface area contributed by atoms with Crippen LogP contribution in [-0.2, 0) is 20.8 Å². The van der Waals surface area contributed by atoms with Crippen molar-refractivity contribution in [2.24, 2.45) is 0 Å². The van der Waals surface area contributed by atoms with Crippen LogP contribution in [0.25, 0.3) is 10.2 Å². The van der Waals surface area contributed by atoms with E-state index in [1.165, 1.54) is 41.2 Å². The van der Waals surface area contributed by atoms with Gasteiger partial charge >= 0.3 is 5.69 Å². The molecule has 1 N–H and O–H groups in total. The van der Waals surface area contributed by atoms with E-state index in [0.29, 0.717) is 76.3 Å². The highest BCUT2D eigenvalue weighted by Gasteiger charge is 2.32. The molecule has 3 aromatic rings. The zero-order valence-electron chi connectivity index (χ0n) is 21.1. The summed E-state index contributed by atoms with van der Waals surface area (Å²) in [5.74, 6) is -0.385. The zero-order valence-corrected chi connectivity index (χ0v) is 23.5. The van der Waals surface area contributed by atoms with Crippen molar-refractivity contribution < 1.29 is 23.4 Å². The average molecular weight is 611 g/mol. The van der Waals surface area contributed by atoms with E-state index >= 15 is 0 Å². The van der Waals surface area contributed by atoms with Gasteiger partial charge in [0.2, 0.25) is 5.91 Å². The number of aromatic nitrogens is 2. The van der Waals surface area contributed by atoms with Crippen molar-refractivity contribution in [3.8, 4) is 5.75 Å². The largest absolute Gasteiger partial charge is 0.496 e. The van der Waals surface area contributed by atoms with Crippen LogP contribution in [0.3, 0.4) is 0 Å². The number of hydrogen-bond acceptors (Lipinski definition) is 7. The van der Waals surface area contributed by atoms with Crippen LogP contribution < -0.4 is 21.3 Å². The number of amides is 1. The Morgan fingerprint density at radius 2 is 2.00 bits per heavy atom. The number of nitrogens with one attached hydrogen (secondary N) is 1. The lowest BCUT2D eigenvalue weighted by molar-refractivity contribution is -0.126. The minimum absolute atomic E-state index is 0.00643. The number of piperidine rings is 1. The Labute approximate surface area is 230 Å². The minimum atomic E-state index is -0.906. The van der Waals surface area contributed by atoms with Gasteiger partial charge in [-0.1, -0.05) is 0 Å². The summed E-state index contributed by atoms with van der Waals surface area (Å²) in [6.07, 6.45) is 1.42. The fourth-order valence-corrected chi connectivity index (χ4v) is 6.85. The first-order valence-corrected chi connectivity index (χ1v) is 14.2. The third kappa shape index (κ3) is 5.06. The van der Waals surface area contributed by atoms with Gasteiger partial charge in [-0.15, -0.1) is 11.3 Å². The predicted molar refractivity (Wildman–Crippen MR) is 145 cm³/mol. The third-order valence-corrected chi connectivity index (χ3v) is 9.35. The highest BCUT2D eigenvalue weighted by Crippen LogP contribution is 2.36. The molecule has 0 spiro atoms. The SMILES string of the molecule is COc1ccc(F)cc1[C@H](Cn1c(=O)n(C2CCCNC2=O)c(=O)c2c(C)c(Br)sc21)OC1CCOCC1. The number of halogens is 2. The summed E-state index contributed by atoms with van der Waals surface area (Å²) >= 11 is 4.79. The molecule has 1 amide bonds. The van der Waals surface area contributed by atoms with Gasteiger partial charge < -0.3 is 19.5 Å². The van der Waals surface area contributed by atoms with Gasteiger partial charge in [-0.2, -0.15) is 0 Å². The molecule has 2 saturated heterocycles. The Morgan fingerprint density at radius 3 is 2.71 bits per heavy atom. The summed E-state index contributed by atoms with van der Waals surface area (Å²) in [6, 6.07) is 3.28. The number of nitrogens with zero attached hydrogens (tertiary/aromatic N) is 2. The van der Waals surface area contributed by atoms with Crippen molar-refractivity contribution in [1.82, 2.24) is 14.5 Å². The monoisotopic (exact) mass is 609 g/mol. The van der Waals surface area contributed by atoms with Gasteiger partial charge in [-0.3, -0.25) is 14.2 Å². The van der Waals surface area contributed by atoms with Gasteiger partial charge in [0.15, 0.2) is 0 Å². The van der Waals surface area contributed by atoms with Gasteiger partial charge in [0.1, 0.15) is 28.5 Å². The number of methoxy groups -OCH3 is 1. The molecule has 1 unspecified atom stereocenters. The molecule has 0 saturated carbocycles. The van der Waals surface area contributed by atoms with Crippen molar-refractivity contribution in [1.29, 1.82) is 0 Å². The number of hydrogen-bond donors (Lipinski definition) is 1. The van der Waals surface area contributed by atoms with Crippen LogP contribution in [0.1, 0.15) is 49.0 Å². The molecule has 204 valence electrons. The van der Waals surface area contributed by atoms with Crippen LogP contribution >= 0.6 is 27.3 Å². The number of thiophene rings is 1. The smallest absolute Gasteiger partial charge is 0.332 e. The van der Waals surface area contributed by atoms with Crippen LogP contribution in [0.4, 0.5) is 4.39 Å². The molecule has 0 radical (unpaired) electrons. The van der Waals surface area contributed by atoms with Crippen molar-refractivity contribution in [3.63, 3.8) is 0 Å². The van der Waals surface area contributed by atoms with Gasteiger partial charge in [-0.05, 0) is 72.3 Å². The molecule has 2 fully saturated rings. The van der Waals surface area contributed by atoms with E-state index < -0.39 is 29.2 Å². The molecule has 2 aromatic heterocycles. The molecule has 0 aliphatic carbocycles. The van der Waals surface area contributed by atoms with E-state index in [9.17, 15) is 18.8 Å². The molecule has 0 bridgehead atoms. The molecule has 12 heteroatoms. The van der Waals surface area contributed by atoms with Gasteiger partial charge in [0.05, 0.1) is 28.9 Å². The van der Waals surface area contributed by atoms with E-state index in [4.69, 9.17) is 14.2 Å². The molecule has 1 aromatic carbocycles. The van der Waals surface area contributed by atoms with E-state index in [1.807, 2.05) is 0 Å². The number of aryl methyl sites for hydroxylation is 1. The summed E-state index contributed by atoms with van der Waals surface area (Å²) in [7, 11) is 1.49. The molecular formula is C26H29BrFN3O6S. The Morgan fingerprint density at radius 1 is 1.24 bits per heavy atom. The zero-order chi connectivity index (χ0) is 27.0. The maximum atomic E-state index is 14.5. The summed E-state index contributed by atoms with van der Waals surface area (Å²) in [5, 5.41) is 3.14. The molecule has 9 nitrogen and oxygen atoms in total. The fraction of sp³-hybridized carbons (Fsp3) is 0.500. The fourth-order valence-electron chi connectivity index (χ4n) is 5.16. The predicted octanol–water partition coefficient (Wildman–Crippen LogP) is 3.83. The van der Waals surface area contributed by atoms with E-state index in [2.05, 4.69) is 21.2 Å². The highest BCUT2D eigenvalue weighted by molar-refractivity contribution is 9.11. The topological polar surface area (TPSA) is 101 Å². The van der Waals surface area contributed by atoms with Gasteiger partial charge in [0.25, 0.3) is 5.56 Å². The second-order valence-corrected chi connectivity index (χ2v) is 11.8. The minimum Gasteiger partial charge on any atom is -0.496 e. The van der Waals surface area contributed by atoms with Crippen LogP contribution in [0.5, 0.6) is 5.75 Å². The van der Waals surface area contributed by atoms with E-state index in [1.54, 1.807) is 6.92 Å². The lowest BCUT2D eigenvalue weighted by atomic mass is 10.1. The van der Waals surface area contributed by atoms with Crippen LogP contribution in [0, 0.1) is 12.7 Å². The molecule has 5 rings (SSSR count). The summed E-state index contributed by atoms with van der Waals surface area (Å²) in [5.41, 5.74) is 0.0562. The Bertz CT molecular complexity index is 1480. The van der Waals surface area contributed by atoms with Crippen molar-refractivity contribution >= 4 is 43.4 Å². The molecule has 2 aliphatic rings. The summed E-state index contributed by atoms with van der Waals surface area (Å²) < 4.78 is 35.2. The highest BCUT2D eigenvalue weighted by atomic mass is 79.9. The number of benzene rings is 1. The maximum Gasteiger partial charge on any atom is 0.332 e. The van der Waals surface area contributed by atoms with Crippen LogP contribution in [0.15, 0.2) is 31.6 Å². The van der Waals surface area contributed by atoms with Crippen molar-refractivity contribution in [2.45, 2.75) is 57.4 Å². The standard InChI is InChI=1S/C26H29BrFN3O6S/c1-14-21-24(33)31(18-4-3-9-29-23(18)32)26(34)30(25(21)38-22(14)27)13-20(37-16-7-10-36-11-8-16)17-12-15(28)5-6-19(17)35-2/h5-6,12,16,18,20H,3-4,7-11,13H2,1-2H3,(H,29,32)/t18?,20-/m0/s1. The second-order valence-electron chi connectivity index (χ2n) is 9.52. The van der Waals surface area contributed by atoms with Crippen molar-refractivity contribution in [2.75, 3.05) is 26.9 Å². The first-order valence-electron chi connectivity index (χ1n) is 12.6. The summed E-state index contributed by atoms with van der Waals surface area (Å²) in [4.78, 5) is 40.9. The Hall–Kier alpha value is -2.54. The first kappa shape index (κ1) is 27.0. The molecule has 38 heavy (non-hydrogen) atoms. The third-order valence-electron chi connectivity index (χ3n) is 7.16. The Kier molecular flexibility index (Phi) is 8.03. The van der Waals surface area contributed by atoms with E-state index in [0.717, 1.165) is 4.57 Å². The average Bonchev–Trinajstić information content (AvgIpc) is 3.21. The number of ether oxygens (including phenoxy) is 3.